The van der Waals surface area contributed by atoms with E-state index in [9.17, 15) is 5.26 Å². The Morgan fingerprint density at radius 3 is 1.90 bits per heavy atom. The van der Waals surface area contributed by atoms with E-state index in [1.807, 2.05) is 12.1 Å². The summed E-state index contributed by atoms with van der Waals surface area (Å²) in [5, 5.41) is 15.1. The fraction of sp³-hybridized carbons (Fsp3) is 0.0175. The van der Waals surface area contributed by atoms with Crippen molar-refractivity contribution >= 4 is 43.5 Å². The molecule has 1 spiro atoms. The van der Waals surface area contributed by atoms with Crippen molar-refractivity contribution in [3.05, 3.63) is 228 Å². The molecule has 0 radical (unpaired) electrons. The minimum atomic E-state index is -0.579. The zero-order valence-electron chi connectivity index (χ0n) is 32.8. The summed E-state index contributed by atoms with van der Waals surface area (Å²) in [5.74, 6) is 1.71. The summed E-state index contributed by atoms with van der Waals surface area (Å²) in [4.78, 5) is 5.40. The predicted octanol–water partition coefficient (Wildman–Crippen LogP) is 14.2. The Hall–Kier alpha value is -8.26. The van der Waals surface area contributed by atoms with E-state index in [4.69, 9.17) is 9.72 Å². The molecule has 0 saturated carbocycles. The Morgan fingerprint density at radius 2 is 1.11 bits per heavy atom. The summed E-state index contributed by atoms with van der Waals surface area (Å²) >= 11 is 0. The van der Waals surface area contributed by atoms with Crippen molar-refractivity contribution < 1.29 is 4.74 Å². The van der Waals surface area contributed by atoms with Crippen LogP contribution in [-0.4, -0.2) is 9.55 Å². The van der Waals surface area contributed by atoms with E-state index in [0.29, 0.717) is 5.56 Å². The van der Waals surface area contributed by atoms with Crippen LogP contribution in [0.15, 0.2) is 200 Å². The zero-order valence-corrected chi connectivity index (χ0v) is 32.8. The topological polar surface area (TPSA) is 50.8 Å². The highest BCUT2D eigenvalue weighted by molar-refractivity contribution is 6.13. The van der Waals surface area contributed by atoms with Crippen LogP contribution in [0.4, 0.5) is 0 Å². The number of ether oxygens (including phenoxy) is 1. The molecule has 61 heavy (non-hydrogen) atoms. The van der Waals surface area contributed by atoms with Crippen molar-refractivity contribution in [2.75, 3.05) is 0 Å². The number of aromatic nitrogens is 2. The first-order valence-electron chi connectivity index (χ1n) is 20.7. The number of fused-ring (bicyclic) bond motifs is 15. The van der Waals surface area contributed by atoms with Crippen LogP contribution in [0.5, 0.6) is 11.5 Å². The normalized spacial score (nSPS) is 13.2. The van der Waals surface area contributed by atoms with Crippen molar-refractivity contribution in [1.82, 2.24) is 9.55 Å². The summed E-state index contributed by atoms with van der Waals surface area (Å²) in [6.07, 6.45) is 0. The van der Waals surface area contributed by atoms with Gasteiger partial charge in [-0.25, -0.2) is 4.98 Å². The number of benzene rings is 9. The monoisotopic (exact) mass is 775 g/mol. The van der Waals surface area contributed by atoms with Crippen molar-refractivity contribution in [2.45, 2.75) is 5.41 Å². The lowest BCUT2D eigenvalue weighted by molar-refractivity contribution is 0.437. The second kappa shape index (κ2) is 12.6. The van der Waals surface area contributed by atoms with E-state index in [1.165, 1.54) is 22.3 Å². The third kappa shape index (κ3) is 4.66. The van der Waals surface area contributed by atoms with Crippen molar-refractivity contribution in [3.63, 3.8) is 0 Å². The highest BCUT2D eigenvalue weighted by Crippen LogP contribution is 2.62. The lowest BCUT2D eigenvalue weighted by Gasteiger charge is -2.39. The summed E-state index contributed by atoms with van der Waals surface area (Å²) < 4.78 is 9.25. The van der Waals surface area contributed by atoms with E-state index < -0.39 is 5.41 Å². The average molecular weight is 776 g/mol. The maximum absolute atomic E-state index is 9.66. The number of hydrogen-bond acceptors (Lipinski definition) is 3. The minimum Gasteiger partial charge on any atom is -0.457 e. The smallest absolute Gasteiger partial charge is 0.132 e. The molecule has 4 heteroatoms. The van der Waals surface area contributed by atoms with Gasteiger partial charge in [-0.15, -0.1) is 0 Å². The molecule has 1 aliphatic carbocycles. The molecule has 2 aromatic heterocycles. The van der Waals surface area contributed by atoms with Gasteiger partial charge in [-0.3, -0.25) is 0 Å². The second-order valence-corrected chi connectivity index (χ2v) is 16.1. The SMILES string of the molecule is N#Cc1ccc2c(c1)c1ccccc1n2-c1ccc(-c2ccc3nc(-c4ccccc4)c4cc5c(cc4c3c2)C2(c3ccccc3O5)c3ccccc3-c3ccccc32)cc1. The zero-order chi connectivity index (χ0) is 40.2. The summed E-state index contributed by atoms with van der Waals surface area (Å²) in [5.41, 5.74) is 15.8. The van der Waals surface area contributed by atoms with Gasteiger partial charge in [-0.1, -0.05) is 133 Å². The van der Waals surface area contributed by atoms with Gasteiger partial charge in [0.1, 0.15) is 11.5 Å². The van der Waals surface area contributed by atoms with Gasteiger partial charge >= 0.3 is 0 Å². The Morgan fingerprint density at radius 1 is 0.443 bits per heavy atom. The van der Waals surface area contributed by atoms with Crippen LogP contribution in [0.2, 0.25) is 0 Å². The van der Waals surface area contributed by atoms with E-state index in [-0.39, 0.29) is 0 Å². The maximum atomic E-state index is 9.66. The largest absolute Gasteiger partial charge is 0.457 e. The lowest BCUT2D eigenvalue weighted by atomic mass is 9.65. The molecule has 282 valence electrons. The van der Waals surface area contributed by atoms with Crippen LogP contribution >= 0.6 is 0 Å². The first-order chi connectivity index (χ1) is 30.2. The minimum absolute atomic E-state index is 0.579. The molecule has 0 saturated heterocycles. The van der Waals surface area contributed by atoms with Gasteiger partial charge in [-0.05, 0) is 105 Å². The number of para-hydroxylation sites is 2. The Balaban J connectivity index is 1.04. The highest BCUT2D eigenvalue weighted by atomic mass is 16.5. The third-order valence-corrected chi connectivity index (χ3v) is 13.1. The van der Waals surface area contributed by atoms with E-state index in [1.54, 1.807) is 0 Å². The first-order valence-corrected chi connectivity index (χ1v) is 20.7. The van der Waals surface area contributed by atoms with Crippen LogP contribution in [-0.2, 0) is 5.41 Å². The Kier molecular flexibility index (Phi) is 6.97. The number of nitriles is 1. The van der Waals surface area contributed by atoms with Gasteiger partial charge < -0.3 is 9.30 Å². The van der Waals surface area contributed by atoms with Gasteiger partial charge in [0, 0.05) is 43.9 Å². The summed E-state index contributed by atoms with van der Waals surface area (Å²) in [6.45, 7) is 0. The molecule has 0 bridgehead atoms. The van der Waals surface area contributed by atoms with Gasteiger partial charge in [0.15, 0.2) is 0 Å². The Labute approximate surface area is 351 Å². The van der Waals surface area contributed by atoms with E-state index >= 15 is 0 Å². The highest BCUT2D eigenvalue weighted by Gasteiger charge is 2.51. The number of nitrogens with zero attached hydrogens (tertiary/aromatic N) is 3. The first kappa shape index (κ1) is 33.7. The van der Waals surface area contributed by atoms with Crippen LogP contribution in [0, 0.1) is 11.3 Å². The fourth-order valence-corrected chi connectivity index (χ4v) is 10.5. The molecular weight excluding hydrogens is 743 g/mol. The van der Waals surface area contributed by atoms with Crippen LogP contribution in [0.25, 0.3) is 82.7 Å². The van der Waals surface area contributed by atoms with Gasteiger partial charge in [0.05, 0.1) is 39.3 Å². The standard InChI is InChI=1S/C57H33N3O/c58-34-35-22-29-53-45(30-35)42-16-6-10-20-52(42)60(53)39-26-23-36(24-27-39)38-25-28-51-44(31-38)43-32-50-55(33-46(43)56(59-51)37-12-2-1-3-13-37)61-54-21-11-9-19-49(54)57(50)47-17-7-4-14-40(47)41-15-5-8-18-48(41)57/h1-33H. The predicted molar refractivity (Wildman–Crippen MR) is 247 cm³/mol. The van der Waals surface area contributed by atoms with Gasteiger partial charge in [0.2, 0.25) is 0 Å². The van der Waals surface area contributed by atoms with E-state index in [2.05, 4.69) is 199 Å². The molecule has 0 amide bonds. The number of pyridine rings is 1. The molecule has 4 nitrogen and oxygen atoms in total. The molecule has 3 heterocycles. The molecule has 13 rings (SSSR count). The molecule has 0 unspecified atom stereocenters. The Bertz CT molecular complexity index is 3640. The fourth-order valence-electron chi connectivity index (χ4n) is 10.5. The second-order valence-electron chi connectivity index (χ2n) is 16.1. The molecule has 0 fully saturated rings. The maximum Gasteiger partial charge on any atom is 0.132 e. The summed E-state index contributed by atoms with van der Waals surface area (Å²) in [6, 6.07) is 73.6. The molecule has 11 aromatic rings. The number of rotatable bonds is 3. The van der Waals surface area contributed by atoms with Crippen LogP contribution in [0.1, 0.15) is 27.8 Å². The van der Waals surface area contributed by atoms with E-state index in [0.717, 1.165) is 94.2 Å². The van der Waals surface area contributed by atoms with Crippen LogP contribution < -0.4 is 4.74 Å². The molecule has 9 aromatic carbocycles. The molecule has 0 N–H and O–H groups in total. The molecular formula is C57H33N3O. The van der Waals surface area contributed by atoms with Crippen molar-refractivity contribution in [3.8, 4) is 56.8 Å². The third-order valence-electron chi connectivity index (χ3n) is 13.1. The van der Waals surface area contributed by atoms with Crippen molar-refractivity contribution in [2.24, 2.45) is 0 Å². The summed E-state index contributed by atoms with van der Waals surface area (Å²) in [7, 11) is 0. The quantitative estimate of drug-likeness (QED) is 0.168. The van der Waals surface area contributed by atoms with Crippen LogP contribution in [0.3, 0.4) is 0 Å². The molecule has 1 aliphatic heterocycles. The number of hydrogen-bond donors (Lipinski definition) is 0. The molecule has 0 atom stereocenters. The van der Waals surface area contributed by atoms with Crippen molar-refractivity contribution in [1.29, 1.82) is 5.26 Å². The van der Waals surface area contributed by atoms with Gasteiger partial charge in [0.25, 0.3) is 0 Å². The molecule has 2 aliphatic rings. The average Bonchev–Trinajstić information content (AvgIpc) is 3.81. The van der Waals surface area contributed by atoms with Gasteiger partial charge in [-0.2, -0.15) is 5.26 Å². The lowest BCUT2D eigenvalue weighted by Crippen LogP contribution is -2.32.